The minimum atomic E-state index is -0.559. The molecule has 6 nitrogen and oxygen atoms in total. The lowest BCUT2D eigenvalue weighted by atomic mass is 10.2. The number of amides is 1. The van der Waals surface area contributed by atoms with E-state index in [-0.39, 0.29) is 11.3 Å². The van der Waals surface area contributed by atoms with Gasteiger partial charge in [-0.15, -0.1) is 0 Å². The maximum absolute atomic E-state index is 12.2. The average Bonchev–Trinajstić information content (AvgIpc) is 2.94. The zero-order chi connectivity index (χ0) is 16.6. The third kappa shape index (κ3) is 3.12. The van der Waals surface area contributed by atoms with E-state index in [1.54, 1.807) is 12.1 Å². The molecule has 0 bridgehead atoms. The quantitative estimate of drug-likeness (QED) is 0.533. The first-order valence-electron chi connectivity index (χ1n) is 6.26. The second-order valence-corrected chi connectivity index (χ2v) is 6.30. The third-order valence-corrected chi connectivity index (χ3v) is 4.72. The van der Waals surface area contributed by atoms with Gasteiger partial charge in [0.15, 0.2) is 5.13 Å². The second kappa shape index (κ2) is 6.11. The number of halogens is 2. The van der Waals surface area contributed by atoms with Crippen LogP contribution in [0.1, 0.15) is 10.4 Å². The number of hydrogen-bond donors (Lipinski definition) is 1. The van der Waals surface area contributed by atoms with Gasteiger partial charge in [0.1, 0.15) is 5.52 Å². The van der Waals surface area contributed by atoms with Crippen LogP contribution < -0.4 is 5.32 Å². The topological polar surface area (TPSA) is 85.1 Å². The molecule has 1 heterocycles. The van der Waals surface area contributed by atoms with Gasteiger partial charge in [-0.3, -0.25) is 20.2 Å². The molecule has 116 valence electrons. The zero-order valence-electron chi connectivity index (χ0n) is 11.2. The normalized spacial score (nSPS) is 10.7. The Balaban J connectivity index is 1.90. The molecule has 1 amide bonds. The van der Waals surface area contributed by atoms with E-state index in [0.29, 0.717) is 20.7 Å². The van der Waals surface area contributed by atoms with Crippen molar-refractivity contribution < 1.29 is 9.72 Å². The third-order valence-electron chi connectivity index (χ3n) is 2.99. The minimum absolute atomic E-state index is 0.156. The summed E-state index contributed by atoms with van der Waals surface area (Å²) in [7, 11) is 0. The second-order valence-electron chi connectivity index (χ2n) is 4.49. The summed E-state index contributed by atoms with van der Waals surface area (Å²) in [5.41, 5.74) is 0.512. The first-order valence-corrected chi connectivity index (χ1v) is 7.83. The average molecular weight is 368 g/mol. The number of nitro benzene ring substituents is 1. The van der Waals surface area contributed by atoms with E-state index in [9.17, 15) is 14.9 Å². The Kier molecular flexibility index (Phi) is 4.16. The van der Waals surface area contributed by atoms with E-state index in [4.69, 9.17) is 23.2 Å². The summed E-state index contributed by atoms with van der Waals surface area (Å²) in [6.45, 7) is 0. The van der Waals surface area contributed by atoms with E-state index in [2.05, 4.69) is 10.3 Å². The molecule has 0 saturated carbocycles. The standard InChI is InChI=1S/C14H7Cl2N3O3S/c15-9-4-5-10-12(11(9)16)17-14(23-10)18-13(20)7-2-1-3-8(6-7)19(21)22/h1-6H,(H,17,18,20). The lowest BCUT2D eigenvalue weighted by molar-refractivity contribution is -0.384. The van der Waals surface area contributed by atoms with Gasteiger partial charge in [-0.2, -0.15) is 0 Å². The molecule has 23 heavy (non-hydrogen) atoms. The molecule has 3 aromatic rings. The Morgan fingerprint density at radius 1 is 1.26 bits per heavy atom. The van der Waals surface area contributed by atoms with E-state index >= 15 is 0 Å². The molecule has 9 heteroatoms. The van der Waals surface area contributed by atoms with Gasteiger partial charge in [0.05, 0.1) is 19.7 Å². The van der Waals surface area contributed by atoms with Gasteiger partial charge in [-0.1, -0.05) is 40.6 Å². The number of carbonyl (C=O) groups is 1. The van der Waals surface area contributed by atoms with Crippen molar-refractivity contribution in [3.63, 3.8) is 0 Å². The Morgan fingerprint density at radius 3 is 2.78 bits per heavy atom. The van der Waals surface area contributed by atoms with Crippen molar-refractivity contribution in [2.24, 2.45) is 0 Å². The van der Waals surface area contributed by atoms with Crippen molar-refractivity contribution in [1.82, 2.24) is 4.98 Å². The number of rotatable bonds is 3. The number of non-ortho nitro benzene ring substituents is 1. The van der Waals surface area contributed by atoms with Gasteiger partial charge < -0.3 is 0 Å². The van der Waals surface area contributed by atoms with E-state index in [1.165, 1.54) is 35.6 Å². The van der Waals surface area contributed by atoms with Crippen molar-refractivity contribution in [3.05, 3.63) is 62.1 Å². The maximum Gasteiger partial charge on any atom is 0.270 e. The van der Waals surface area contributed by atoms with E-state index in [0.717, 1.165) is 4.70 Å². The van der Waals surface area contributed by atoms with Crippen molar-refractivity contribution in [1.29, 1.82) is 0 Å². The van der Waals surface area contributed by atoms with E-state index < -0.39 is 10.8 Å². The van der Waals surface area contributed by atoms with Crippen molar-refractivity contribution in [2.75, 3.05) is 5.32 Å². The lowest BCUT2D eigenvalue weighted by Crippen LogP contribution is -2.11. The fourth-order valence-electron chi connectivity index (χ4n) is 1.92. The summed E-state index contributed by atoms with van der Waals surface area (Å²) in [6.07, 6.45) is 0. The Hall–Kier alpha value is -2.22. The molecule has 0 spiro atoms. The fourth-order valence-corrected chi connectivity index (χ4v) is 3.21. The number of anilines is 1. The Bertz CT molecular complexity index is 942. The van der Waals surface area contributed by atoms with Crippen LogP contribution in [0.15, 0.2) is 36.4 Å². The number of nitrogens with one attached hydrogen (secondary N) is 1. The number of nitro groups is 1. The van der Waals surface area contributed by atoms with Crippen LogP contribution in [0.5, 0.6) is 0 Å². The first-order chi connectivity index (χ1) is 11.0. The minimum Gasteiger partial charge on any atom is -0.298 e. The zero-order valence-corrected chi connectivity index (χ0v) is 13.6. The molecule has 0 atom stereocenters. The van der Waals surface area contributed by atoms with Gasteiger partial charge >= 0.3 is 0 Å². The molecule has 1 aromatic heterocycles. The van der Waals surface area contributed by atoms with Gasteiger partial charge in [-0.25, -0.2) is 4.98 Å². The number of benzene rings is 2. The van der Waals surface area contributed by atoms with Gasteiger partial charge in [-0.05, 0) is 18.2 Å². The first kappa shape index (κ1) is 15.7. The number of fused-ring (bicyclic) bond motifs is 1. The molecule has 1 N–H and O–H groups in total. The van der Waals surface area contributed by atoms with Crippen LogP contribution in [0, 0.1) is 10.1 Å². The number of thiazole rings is 1. The van der Waals surface area contributed by atoms with Gasteiger partial charge in [0.25, 0.3) is 11.6 Å². The van der Waals surface area contributed by atoms with Crippen LogP contribution in [-0.2, 0) is 0 Å². The SMILES string of the molecule is O=C(Nc1nc2c(Cl)c(Cl)ccc2s1)c1cccc([N+](=O)[O-])c1. The molecular formula is C14H7Cl2N3O3S. The number of carbonyl (C=O) groups excluding carboxylic acids is 1. The van der Waals surface area contributed by atoms with Crippen molar-refractivity contribution >= 4 is 61.5 Å². The molecule has 0 aliphatic heterocycles. The van der Waals surface area contributed by atoms with Gasteiger partial charge in [0, 0.05) is 17.7 Å². The highest BCUT2D eigenvalue weighted by Gasteiger charge is 2.15. The van der Waals surface area contributed by atoms with Crippen LogP contribution in [0.25, 0.3) is 10.2 Å². The molecule has 0 aliphatic carbocycles. The molecule has 0 radical (unpaired) electrons. The Morgan fingerprint density at radius 2 is 2.04 bits per heavy atom. The summed E-state index contributed by atoms with van der Waals surface area (Å²) in [6, 6.07) is 8.85. The number of aromatic nitrogens is 1. The monoisotopic (exact) mass is 367 g/mol. The number of hydrogen-bond acceptors (Lipinski definition) is 5. The largest absolute Gasteiger partial charge is 0.298 e. The highest BCUT2D eigenvalue weighted by atomic mass is 35.5. The smallest absolute Gasteiger partial charge is 0.270 e. The highest BCUT2D eigenvalue weighted by molar-refractivity contribution is 7.22. The van der Waals surface area contributed by atoms with Crippen LogP contribution in [0.3, 0.4) is 0 Å². The molecule has 2 aromatic carbocycles. The summed E-state index contributed by atoms with van der Waals surface area (Å²) in [5, 5.41) is 14.4. The predicted octanol–water partition coefficient (Wildman–Crippen LogP) is 4.76. The highest BCUT2D eigenvalue weighted by Crippen LogP contribution is 2.35. The molecule has 0 unspecified atom stereocenters. The van der Waals surface area contributed by atoms with Crippen molar-refractivity contribution in [2.45, 2.75) is 0 Å². The molecule has 0 fully saturated rings. The lowest BCUT2D eigenvalue weighted by Gasteiger charge is -2.01. The molecule has 0 saturated heterocycles. The summed E-state index contributed by atoms with van der Waals surface area (Å²) in [5.74, 6) is -0.491. The summed E-state index contributed by atoms with van der Waals surface area (Å²) < 4.78 is 0.772. The maximum atomic E-state index is 12.2. The van der Waals surface area contributed by atoms with Crippen molar-refractivity contribution in [3.8, 4) is 0 Å². The molecule has 3 rings (SSSR count). The van der Waals surface area contributed by atoms with Gasteiger partial charge in [0.2, 0.25) is 0 Å². The molecule has 0 aliphatic rings. The summed E-state index contributed by atoms with van der Waals surface area (Å²) >= 11 is 13.2. The summed E-state index contributed by atoms with van der Waals surface area (Å²) in [4.78, 5) is 26.6. The van der Waals surface area contributed by atoms with Crippen LogP contribution >= 0.6 is 34.5 Å². The molecular weight excluding hydrogens is 361 g/mol. The number of nitrogens with zero attached hydrogens (tertiary/aromatic N) is 2. The van der Waals surface area contributed by atoms with Crippen LogP contribution in [-0.4, -0.2) is 15.8 Å². The Labute approximate surface area is 143 Å². The predicted molar refractivity (Wildman–Crippen MR) is 90.7 cm³/mol. The fraction of sp³-hybridized carbons (Fsp3) is 0. The van der Waals surface area contributed by atoms with Crippen LogP contribution in [0.2, 0.25) is 10.0 Å². The van der Waals surface area contributed by atoms with Crippen LogP contribution in [0.4, 0.5) is 10.8 Å². The van der Waals surface area contributed by atoms with E-state index in [1.807, 2.05) is 0 Å².